The molecule has 1 spiro atoms. The lowest BCUT2D eigenvalue weighted by atomic mass is 9.91. The minimum Gasteiger partial charge on any atom is -0.508 e. The predicted octanol–water partition coefficient (Wildman–Crippen LogP) is 0.773. The molecule has 1 aromatic rings. The van der Waals surface area contributed by atoms with E-state index in [9.17, 15) is 5.11 Å². The second-order valence-corrected chi connectivity index (χ2v) is 5.28. The van der Waals surface area contributed by atoms with Gasteiger partial charge in [-0.25, -0.2) is 0 Å². The number of hydrogen-bond donors (Lipinski definition) is 2. The van der Waals surface area contributed by atoms with Crippen molar-refractivity contribution in [3.63, 3.8) is 0 Å². The lowest BCUT2D eigenvalue weighted by molar-refractivity contribution is 0.145. The van der Waals surface area contributed by atoms with E-state index >= 15 is 0 Å². The average Bonchev–Trinajstić information content (AvgIpc) is 3.04. The number of aliphatic imine (C=N–C) groups is 1. The molecule has 5 heteroatoms. The maximum atomic E-state index is 9.52. The normalized spacial score (nSPS) is 29.3. The molecule has 0 saturated heterocycles. The molecule has 94 valence electrons. The van der Waals surface area contributed by atoms with Gasteiger partial charge >= 0.3 is 0 Å². The van der Waals surface area contributed by atoms with Gasteiger partial charge in [-0.2, -0.15) is 0 Å². The Bertz CT molecular complexity index is 553. The summed E-state index contributed by atoms with van der Waals surface area (Å²) in [6.07, 6.45) is 2.34. The Hall–Kier alpha value is -1.91. The molecule has 4 rings (SSSR count). The standard InChI is InChI=1S/C13H15N3O2/c14-12-15-6-13(16(12)8-1-2-8)7-18-11-5-9(17)3-4-10(11)13/h3-5,8,17H,1-2,6-7H2,(H2,14,15). The lowest BCUT2D eigenvalue weighted by Crippen LogP contribution is -2.51. The minimum absolute atomic E-state index is 0.232. The van der Waals surface area contributed by atoms with Gasteiger partial charge < -0.3 is 20.5 Å². The van der Waals surface area contributed by atoms with Gasteiger partial charge in [-0.15, -0.1) is 0 Å². The second kappa shape index (κ2) is 3.10. The Morgan fingerprint density at radius 3 is 3.06 bits per heavy atom. The van der Waals surface area contributed by atoms with E-state index in [1.807, 2.05) is 6.07 Å². The molecule has 1 unspecified atom stereocenters. The van der Waals surface area contributed by atoms with Gasteiger partial charge in [0.15, 0.2) is 5.96 Å². The number of nitrogens with two attached hydrogens (primary N) is 1. The third kappa shape index (κ3) is 1.14. The van der Waals surface area contributed by atoms with E-state index in [0.29, 0.717) is 25.2 Å². The van der Waals surface area contributed by atoms with Crippen molar-refractivity contribution in [2.45, 2.75) is 24.4 Å². The van der Waals surface area contributed by atoms with Gasteiger partial charge in [0.2, 0.25) is 0 Å². The Kier molecular flexibility index (Phi) is 1.73. The number of phenols is 1. The molecule has 1 aromatic carbocycles. The highest BCUT2D eigenvalue weighted by atomic mass is 16.5. The molecule has 0 radical (unpaired) electrons. The van der Waals surface area contributed by atoms with Gasteiger partial charge in [0.05, 0.1) is 6.54 Å². The first-order valence-corrected chi connectivity index (χ1v) is 6.26. The summed E-state index contributed by atoms with van der Waals surface area (Å²) < 4.78 is 5.74. The Labute approximate surface area is 105 Å². The van der Waals surface area contributed by atoms with Crippen LogP contribution in [0.2, 0.25) is 0 Å². The van der Waals surface area contributed by atoms with Crippen molar-refractivity contribution in [3.8, 4) is 11.5 Å². The third-order valence-electron chi connectivity index (χ3n) is 4.06. The van der Waals surface area contributed by atoms with E-state index < -0.39 is 0 Å². The van der Waals surface area contributed by atoms with Crippen LogP contribution in [-0.2, 0) is 5.54 Å². The fourth-order valence-electron chi connectivity index (χ4n) is 3.07. The number of nitrogens with zero attached hydrogens (tertiary/aromatic N) is 2. The fraction of sp³-hybridized carbons (Fsp3) is 0.462. The molecule has 3 N–H and O–H groups in total. The Morgan fingerprint density at radius 1 is 1.44 bits per heavy atom. The van der Waals surface area contributed by atoms with E-state index in [-0.39, 0.29) is 11.3 Å². The van der Waals surface area contributed by atoms with Gasteiger partial charge in [0.25, 0.3) is 0 Å². The predicted molar refractivity (Wildman–Crippen MR) is 66.6 cm³/mol. The summed E-state index contributed by atoms with van der Waals surface area (Å²) >= 11 is 0. The quantitative estimate of drug-likeness (QED) is 0.766. The van der Waals surface area contributed by atoms with E-state index in [2.05, 4.69) is 9.89 Å². The minimum atomic E-state index is -0.242. The largest absolute Gasteiger partial charge is 0.508 e. The lowest BCUT2D eigenvalue weighted by Gasteiger charge is -2.35. The highest BCUT2D eigenvalue weighted by Crippen LogP contribution is 2.48. The fourth-order valence-corrected chi connectivity index (χ4v) is 3.07. The number of benzene rings is 1. The van der Waals surface area contributed by atoms with Crippen LogP contribution in [0, 0.1) is 0 Å². The maximum Gasteiger partial charge on any atom is 0.192 e. The number of aromatic hydroxyl groups is 1. The van der Waals surface area contributed by atoms with Crippen molar-refractivity contribution in [3.05, 3.63) is 23.8 Å². The summed E-state index contributed by atoms with van der Waals surface area (Å²) in [6, 6.07) is 5.80. The van der Waals surface area contributed by atoms with Crippen LogP contribution in [0.25, 0.3) is 0 Å². The molecule has 0 amide bonds. The molecule has 0 bridgehead atoms. The van der Waals surface area contributed by atoms with Crippen molar-refractivity contribution in [2.24, 2.45) is 10.7 Å². The molecule has 1 fully saturated rings. The van der Waals surface area contributed by atoms with Gasteiger partial charge in [0.1, 0.15) is 23.6 Å². The van der Waals surface area contributed by atoms with Crippen LogP contribution < -0.4 is 10.5 Å². The van der Waals surface area contributed by atoms with Crippen LogP contribution in [0.1, 0.15) is 18.4 Å². The van der Waals surface area contributed by atoms with Crippen molar-refractivity contribution in [2.75, 3.05) is 13.2 Å². The second-order valence-electron chi connectivity index (χ2n) is 5.28. The van der Waals surface area contributed by atoms with Gasteiger partial charge in [-0.3, -0.25) is 4.99 Å². The molecule has 2 aliphatic heterocycles. The van der Waals surface area contributed by atoms with E-state index in [1.54, 1.807) is 12.1 Å². The van der Waals surface area contributed by atoms with E-state index in [0.717, 1.165) is 11.3 Å². The Balaban J connectivity index is 1.83. The molecule has 1 saturated carbocycles. The van der Waals surface area contributed by atoms with Crippen molar-refractivity contribution in [1.29, 1.82) is 0 Å². The van der Waals surface area contributed by atoms with Crippen molar-refractivity contribution >= 4 is 5.96 Å². The van der Waals surface area contributed by atoms with Gasteiger partial charge in [-0.05, 0) is 25.0 Å². The SMILES string of the molecule is NC1=NCC2(COc3cc(O)ccc32)N1C1CC1. The topological polar surface area (TPSA) is 71.1 Å². The zero-order valence-corrected chi connectivity index (χ0v) is 9.97. The molecule has 1 atom stereocenters. The first-order valence-electron chi connectivity index (χ1n) is 6.26. The smallest absolute Gasteiger partial charge is 0.192 e. The summed E-state index contributed by atoms with van der Waals surface area (Å²) in [5.41, 5.74) is 6.88. The van der Waals surface area contributed by atoms with Crippen LogP contribution in [-0.4, -0.2) is 35.2 Å². The number of hydrogen-bond acceptors (Lipinski definition) is 5. The van der Waals surface area contributed by atoms with E-state index in [4.69, 9.17) is 10.5 Å². The van der Waals surface area contributed by atoms with Crippen LogP contribution in [0.4, 0.5) is 0 Å². The summed E-state index contributed by atoms with van der Waals surface area (Å²) in [5, 5.41) is 9.52. The number of phenolic OH excluding ortho intramolecular Hbond substituents is 1. The summed E-state index contributed by atoms with van der Waals surface area (Å²) in [7, 11) is 0. The van der Waals surface area contributed by atoms with Gasteiger partial charge in [0, 0.05) is 17.7 Å². The summed E-state index contributed by atoms with van der Waals surface area (Å²) in [6.45, 7) is 1.21. The summed E-state index contributed by atoms with van der Waals surface area (Å²) in [4.78, 5) is 6.63. The van der Waals surface area contributed by atoms with Gasteiger partial charge in [-0.1, -0.05) is 0 Å². The maximum absolute atomic E-state index is 9.52. The first kappa shape index (κ1) is 10.1. The molecule has 3 aliphatic rings. The molecule has 5 nitrogen and oxygen atoms in total. The molecule has 18 heavy (non-hydrogen) atoms. The molecular formula is C13H15N3O2. The number of ether oxygens (including phenoxy) is 1. The molecule has 1 aliphatic carbocycles. The highest BCUT2D eigenvalue weighted by molar-refractivity contribution is 5.82. The first-order chi connectivity index (χ1) is 8.71. The summed E-state index contributed by atoms with van der Waals surface area (Å²) in [5.74, 6) is 1.61. The molecular weight excluding hydrogens is 230 g/mol. The van der Waals surface area contributed by atoms with Crippen molar-refractivity contribution < 1.29 is 9.84 Å². The van der Waals surface area contributed by atoms with E-state index in [1.165, 1.54) is 12.8 Å². The zero-order valence-electron chi connectivity index (χ0n) is 9.97. The van der Waals surface area contributed by atoms with Crippen molar-refractivity contribution in [1.82, 2.24) is 4.90 Å². The molecule has 0 aromatic heterocycles. The number of fused-ring (bicyclic) bond motifs is 2. The molecule has 2 heterocycles. The van der Waals surface area contributed by atoms with Crippen LogP contribution in [0.3, 0.4) is 0 Å². The van der Waals surface area contributed by atoms with Crippen LogP contribution >= 0.6 is 0 Å². The van der Waals surface area contributed by atoms with Crippen LogP contribution in [0.15, 0.2) is 23.2 Å². The average molecular weight is 245 g/mol. The monoisotopic (exact) mass is 245 g/mol. The number of guanidine groups is 1. The highest BCUT2D eigenvalue weighted by Gasteiger charge is 2.54. The third-order valence-corrected chi connectivity index (χ3v) is 4.06. The van der Waals surface area contributed by atoms with Crippen LogP contribution in [0.5, 0.6) is 11.5 Å². The zero-order chi connectivity index (χ0) is 12.3. The number of rotatable bonds is 1. The Morgan fingerprint density at radius 2 is 2.28 bits per heavy atom.